The summed E-state index contributed by atoms with van der Waals surface area (Å²) >= 11 is 3.06. The van der Waals surface area contributed by atoms with Crippen LogP contribution in [0.4, 0.5) is 19.7 Å². The van der Waals surface area contributed by atoms with Gasteiger partial charge in [-0.05, 0) is 68.1 Å². The van der Waals surface area contributed by atoms with Crippen molar-refractivity contribution in [3.05, 3.63) is 64.0 Å². The maximum absolute atomic E-state index is 12.5. The van der Waals surface area contributed by atoms with Crippen molar-refractivity contribution < 1.29 is 23.4 Å². The molecule has 1 aliphatic carbocycles. The number of nitrogens with one attached hydrogen (secondary N) is 1. The number of nitrogens with zero attached hydrogens (tertiary/aromatic N) is 2. The summed E-state index contributed by atoms with van der Waals surface area (Å²) < 4.78 is 29.6. The van der Waals surface area contributed by atoms with Gasteiger partial charge in [-0.3, -0.25) is 0 Å². The van der Waals surface area contributed by atoms with E-state index in [0.717, 1.165) is 57.1 Å². The third-order valence-corrected chi connectivity index (χ3v) is 8.28. The number of carboxylic acids is 1. The summed E-state index contributed by atoms with van der Waals surface area (Å²) in [5.74, 6) is -0.427. The SMILES string of the molecule is Cc1ccc(-c2cnc(Nc3nc(-c4ccc(OC(F)F)cc4)c(C4CCCC4)s3)c(C(=O)O)c2)s1. The fourth-order valence-corrected chi connectivity index (χ4v) is 6.41. The molecule has 1 aromatic carbocycles. The predicted molar refractivity (Wildman–Crippen MR) is 138 cm³/mol. The highest BCUT2D eigenvalue weighted by Gasteiger charge is 2.25. The number of ether oxygens (including phenoxy) is 1. The first-order valence-corrected chi connectivity index (χ1v) is 13.1. The van der Waals surface area contributed by atoms with Gasteiger partial charge in [-0.15, -0.1) is 22.7 Å². The minimum Gasteiger partial charge on any atom is -0.478 e. The van der Waals surface area contributed by atoms with Crippen molar-refractivity contribution in [1.29, 1.82) is 0 Å². The number of pyridine rings is 1. The van der Waals surface area contributed by atoms with E-state index in [0.29, 0.717) is 11.0 Å². The number of aromatic carboxylic acids is 1. The third-order valence-electron chi connectivity index (χ3n) is 6.10. The molecule has 0 amide bonds. The molecule has 0 aliphatic heterocycles. The second-order valence-electron chi connectivity index (χ2n) is 8.58. The van der Waals surface area contributed by atoms with Gasteiger partial charge in [0.2, 0.25) is 0 Å². The molecule has 186 valence electrons. The molecule has 1 fully saturated rings. The first-order chi connectivity index (χ1) is 17.4. The fraction of sp³-hybridized carbons (Fsp3) is 0.269. The van der Waals surface area contributed by atoms with Gasteiger partial charge in [0, 0.05) is 32.0 Å². The van der Waals surface area contributed by atoms with Gasteiger partial charge in [-0.2, -0.15) is 8.78 Å². The molecule has 4 aromatic rings. The summed E-state index contributed by atoms with van der Waals surface area (Å²) in [5.41, 5.74) is 2.36. The lowest BCUT2D eigenvalue weighted by Gasteiger charge is -2.09. The Morgan fingerprint density at radius 2 is 1.86 bits per heavy atom. The molecular formula is C26H23F2N3O3S2. The van der Waals surface area contributed by atoms with Crippen LogP contribution in [-0.2, 0) is 0 Å². The maximum Gasteiger partial charge on any atom is 0.387 e. The Balaban J connectivity index is 1.48. The fourth-order valence-electron chi connectivity index (χ4n) is 4.40. The number of thiophene rings is 1. The first-order valence-electron chi connectivity index (χ1n) is 11.5. The number of alkyl halides is 2. The largest absolute Gasteiger partial charge is 0.478 e. The van der Waals surface area contributed by atoms with Crippen molar-refractivity contribution >= 4 is 39.6 Å². The monoisotopic (exact) mass is 527 g/mol. The van der Waals surface area contributed by atoms with E-state index in [2.05, 4.69) is 15.0 Å². The van der Waals surface area contributed by atoms with Crippen LogP contribution in [0.2, 0.25) is 0 Å². The topological polar surface area (TPSA) is 84.3 Å². The minimum absolute atomic E-state index is 0.0613. The molecule has 3 heterocycles. The van der Waals surface area contributed by atoms with E-state index >= 15 is 0 Å². The Bertz CT molecular complexity index is 1380. The summed E-state index contributed by atoms with van der Waals surface area (Å²) in [6.45, 7) is -0.886. The molecule has 0 saturated heterocycles. The van der Waals surface area contributed by atoms with Crippen LogP contribution in [-0.4, -0.2) is 27.7 Å². The van der Waals surface area contributed by atoms with Gasteiger partial charge >= 0.3 is 12.6 Å². The number of hydrogen-bond acceptors (Lipinski definition) is 7. The summed E-state index contributed by atoms with van der Waals surface area (Å²) in [7, 11) is 0. The van der Waals surface area contributed by atoms with Crippen LogP contribution in [0.15, 0.2) is 48.7 Å². The molecule has 0 atom stereocenters. The maximum atomic E-state index is 12.5. The van der Waals surface area contributed by atoms with Crippen molar-refractivity contribution in [2.45, 2.75) is 45.1 Å². The Labute approximate surface area is 214 Å². The molecule has 36 heavy (non-hydrogen) atoms. The van der Waals surface area contributed by atoms with Crippen LogP contribution in [0.1, 0.15) is 51.7 Å². The summed E-state index contributed by atoms with van der Waals surface area (Å²) in [5, 5.41) is 13.5. The van der Waals surface area contributed by atoms with Crippen LogP contribution in [0.25, 0.3) is 21.7 Å². The van der Waals surface area contributed by atoms with Gasteiger partial charge in [-0.1, -0.05) is 12.8 Å². The number of rotatable bonds is 8. The van der Waals surface area contributed by atoms with E-state index in [1.165, 1.54) is 23.5 Å². The number of aromatic nitrogens is 2. The average molecular weight is 528 g/mol. The molecule has 10 heteroatoms. The number of anilines is 2. The molecule has 3 aromatic heterocycles. The zero-order valence-corrected chi connectivity index (χ0v) is 21.0. The predicted octanol–water partition coefficient (Wildman–Crippen LogP) is 7.94. The smallest absolute Gasteiger partial charge is 0.387 e. The molecule has 0 unspecified atom stereocenters. The second kappa shape index (κ2) is 10.3. The minimum atomic E-state index is -2.88. The zero-order valence-electron chi connectivity index (χ0n) is 19.3. The highest BCUT2D eigenvalue weighted by Crippen LogP contribution is 2.44. The van der Waals surface area contributed by atoms with Crippen LogP contribution in [0.5, 0.6) is 5.75 Å². The van der Waals surface area contributed by atoms with E-state index in [9.17, 15) is 18.7 Å². The van der Waals surface area contributed by atoms with Gasteiger partial charge in [0.25, 0.3) is 0 Å². The standard InChI is InChI=1S/C26H23F2N3O3S2/c1-14-6-11-20(35-14)17-12-19(24(32)33)23(29-13-17)31-26-30-21(22(36-26)16-4-2-3-5-16)15-7-9-18(10-8-15)34-25(27)28/h6-13,16,25H,2-5H2,1H3,(H,32,33)(H,29,30,31). The van der Waals surface area contributed by atoms with Crippen LogP contribution in [0, 0.1) is 6.92 Å². The molecule has 0 spiro atoms. The van der Waals surface area contributed by atoms with Crippen molar-refractivity contribution in [1.82, 2.24) is 9.97 Å². The molecule has 1 saturated carbocycles. The van der Waals surface area contributed by atoms with Gasteiger partial charge in [0.05, 0.1) is 5.69 Å². The van der Waals surface area contributed by atoms with Gasteiger partial charge < -0.3 is 15.2 Å². The van der Waals surface area contributed by atoms with Gasteiger partial charge in [0.1, 0.15) is 17.1 Å². The molecule has 0 bridgehead atoms. The lowest BCUT2D eigenvalue weighted by atomic mass is 10.0. The Morgan fingerprint density at radius 1 is 1.11 bits per heavy atom. The number of thiazole rings is 1. The Morgan fingerprint density at radius 3 is 2.50 bits per heavy atom. The quantitative estimate of drug-likeness (QED) is 0.242. The highest BCUT2D eigenvalue weighted by atomic mass is 32.1. The first kappa shape index (κ1) is 24.3. The highest BCUT2D eigenvalue weighted by molar-refractivity contribution is 7.16. The van der Waals surface area contributed by atoms with Crippen molar-refractivity contribution in [3.63, 3.8) is 0 Å². The molecule has 5 rings (SSSR count). The van der Waals surface area contributed by atoms with E-state index in [1.54, 1.807) is 35.7 Å². The normalized spacial score (nSPS) is 13.9. The van der Waals surface area contributed by atoms with Crippen LogP contribution in [0.3, 0.4) is 0 Å². The number of hydrogen-bond donors (Lipinski definition) is 2. The van der Waals surface area contributed by atoms with E-state index in [1.807, 2.05) is 19.1 Å². The number of aryl methyl sites for hydroxylation is 1. The summed E-state index contributed by atoms with van der Waals surface area (Å²) in [6.07, 6.45) is 6.04. The Kier molecular flexibility index (Phi) is 6.97. The number of halogens is 2. The summed E-state index contributed by atoms with van der Waals surface area (Å²) in [6, 6.07) is 12.0. The molecule has 6 nitrogen and oxygen atoms in total. The van der Waals surface area contributed by atoms with Gasteiger partial charge in [-0.25, -0.2) is 14.8 Å². The lowest BCUT2D eigenvalue weighted by molar-refractivity contribution is -0.0498. The average Bonchev–Trinajstić information content (AvgIpc) is 3.60. The number of carboxylic acid groups (broad SMARTS) is 1. The second-order valence-corrected chi connectivity index (χ2v) is 10.9. The Hall–Kier alpha value is -3.37. The van der Waals surface area contributed by atoms with E-state index in [4.69, 9.17) is 4.98 Å². The summed E-state index contributed by atoms with van der Waals surface area (Å²) in [4.78, 5) is 24.4. The number of carbonyl (C=O) groups is 1. The van der Waals surface area contributed by atoms with Crippen molar-refractivity contribution in [3.8, 4) is 27.4 Å². The number of benzene rings is 1. The third kappa shape index (κ3) is 5.24. The van der Waals surface area contributed by atoms with Crippen LogP contribution < -0.4 is 10.1 Å². The molecular weight excluding hydrogens is 504 g/mol. The van der Waals surface area contributed by atoms with Crippen LogP contribution >= 0.6 is 22.7 Å². The van der Waals surface area contributed by atoms with E-state index < -0.39 is 12.6 Å². The van der Waals surface area contributed by atoms with Crippen molar-refractivity contribution in [2.75, 3.05) is 5.32 Å². The molecule has 2 N–H and O–H groups in total. The lowest BCUT2D eigenvalue weighted by Crippen LogP contribution is -2.05. The zero-order chi connectivity index (χ0) is 25.2. The van der Waals surface area contributed by atoms with Crippen molar-refractivity contribution in [2.24, 2.45) is 0 Å². The molecule has 1 aliphatic rings. The van der Waals surface area contributed by atoms with E-state index in [-0.39, 0.29) is 17.1 Å². The van der Waals surface area contributed by atoms with Gasteiger partial charge in [0.15, 0.2) is 5.13 Å². The molecule has 0 radical (unpaired) electrons.